The fraction of sp³-hybridized carbons (Fsp3) is 0.120. The molecule has 1 unspecified atom stereocenters. The third-order valence-corrected chi connectivity index (χ3v) is 7.43. The topological polar surface area (TPSA) is 76.9 Å². The number of hydrogen-bond acceptors (Lipinski definition) is 5. The van der Waals surface area contributed by atoms with Gasteiger partial charge in [-0.15, -0.1) is 16.8 Å². The summed E-state index contributed by atoms with van der Waals surface area (Å²) in [5.41, 5.74) is 1.74. The summed E-state index contributed by atoms with van der Waals surface area (Å²) in [6, 6.07) is 23.1. The van der Waals surface area contributed by atoms with Gasteiger partial charge >= 0.3 is 0 Å². The second-order valence-corrected chi connectivity index (χ2v) is 10.1. The van der Waals surface area contributed by atoms with Crippen molar-refractivity contribution in [1.29, 1.82) is 0 Å². The van der Waals surface area contributed by atoms with E-state index in [9.17, 15) is 12.8 Å². The minimum Gasteiger partial charge on any atom is -0.273 e. The summed E-state index contributed by atoms with van der Waals surface area (Å²) in [6.45, 7) is 3.77. The molecule has 0 aliphatic rings. The van der Waals surface area contributed by atoms with Gasteiger partial charge in [0.05, 0.1) is 10.9 Å². The Morgan fingerprint density at radius 1 is 0.971 bits per heavy atom. The van der Waals surface area contributed by atoms with Gasteiger partial charge < -0.3 is 0 Å². The maximum atomic E-state index is 13.4. The highest BCUT2D eigenvalue weighted by atomic mass is 32.2. The van der Waals surface area contributed by atoms with Crippen LogP contribution in [-0.4, -0.2) is 28.9 Å². The molecule has 0 bridgehead atoms. The number of hydrogen-bond donors (Lipinski definition) is 1. The molecule has 1 aromatic heterocycles. The number of nitrogens with zero attached hydrogens (tertiary/aromatic N) is 3. The third kappa shape index (κ3) is 5.61. The molecule has 4 rings (SSSR count). The first-order valence-electron chi connectivity index (χ1n) is 10.5. The molecular weight excluding hydrogens is 471 g/mol. The van der Waals surface area contributed by atoms with Crippen LogP contribution in [0.4, 0.5) is 4.39 Å². The zero-order valence-corrected chi connectivity index (χ0v) is 19.8. The van der Waals surface area contributed by atoms with Crippen LogP contribution in [-0.2, 0) is 16.4 Å². The van der Waals surface area contributed by atoms with Gasteiger partial charge in [0.2, 0.25) is 10.0 Å². The van der Waals surface area contributed by atoms with E-state index in [1.807, 2.05) is 65.2 Å². The van der Waals surface area contributed by atoms with Gasteiger partial charge in [0, 0.05) is 11.4 Å². The van der Waals surface area contributed by atoms with Crippen LogP contribution < -0.4 is 4.72 Å². The second kappa shape index (κ2) is 10.8. The number of sulfonamides is 1. The van der Waals surface area contributed by atoms with Crippen LogP contribution in [0.5, 0.6) is 0 Å². The van der Waals surface area contributed by atoms with Crippen molar-refractivity contribution in [2.24, 2.45) is 0 Å². The van der Waals surface area contributed by atoms with Crippen LogP contribution in [0.1, 0.15) is 17.4 Å². The second-order valence-electron chi connectivity index (χ2n) is 7.43. The number of para-hydroxylation sites is 1. The molecule has 4 aromatic rings. The fourth-order valence-electron chi connectivity index (χ4n) is 3.46. The third-order valence-electron chi connectivity index (χ3n) is 5.02. The largest absolute Gasteiger partial charge is 0.273 e. The Hall–Kier alpha value is -3.27. The normalized spacial score (nSPS) is 12.4. The minimum absolute atomic E-state index is 0.0287. The van der Waals surface area contributed by atoms with Crippen molar-refractivity contribution in [3.05, 3.63) is 115 Å². The van der Waals surface area contributed by atoms with Crippen molar-refractivity contribution in [3.63, 3.8) is 0 Å². The Morgan fingerprint density at radius 3 is 2.26 bits per heavy atom. The molecule has 0 aliphatic heterocycles. The van der Waals surface area contributed by atoms with Crippen molar-refractivity contribution >= 4 is 21.8 Å². The molecular formula is C25H23FN4O2S2. The summed E-state index contributed by atoms with van der Waals surface area (Å²) in [6.07, 6.45) is 2.12. The summed E-state index contributed by atoms with van der Waals surface area (Å²) >= 11 is 1.45. The van der Waals surface area contributed by atoms with Crippen LogP contribution >= 0.6 is 11.8 Å². The first kappa shape index (κ1) is 23.9. The molecule has 0 radical (unpaired) electrons. The molecule has 0 fully saturated rings. The van der Waals surface area contributed by atoms with Gasteiger partial charge in [-0.2, -0.15) is 0 Å². The number of aromatic nitrogens is 3. The Kier molecular flexibility index (Phi) is 7.56. The standard InChI is InChI=1S/C25H23FN4O2S2/c1-2-17-33-25-28-27-24(30(25)21-11-7-4-8-12-21)23(18-19-9-5-3-6-10-19)29-34(31,32)22-15-13-20(26)14-16-22/h2-16,23,29H,1,17-18H2. The molecule has 0 saturated heterocycles. The molecule has 3 aromatic carbocycles. The lowest BCUT2D eigenvalue weighted by atomic mass is 10.1. The van der Waals surface area contributed by atoms with E-state index in [1.165, 1.54) is 23.9 Å². The molecule has 6 nitrogen and oxygen atoms in total. The van der Waals surface area contributed by atoms with Crippen molar-refractivity contribution in [3.8, 4) is 5.69 Å². The molecule has 0 aliphatic carbocycles. The van der Waals surface area contributed by atoms with Crippen LogP contribution in [0.2, 0.25) is 0 Å². The predicted octanol–water partition coefficient (Wildman–Crippen LogP) is 4.95. The van der Waals surface area contributed by atoms with E-state index in [0.717, 1.165) is 23.4 Å². The highest BCUT2D eigenvalue weighted by molar-refractivity contribution is 7.99. The van der Waals surface area contributed by atoms with Gasteiger partial charge in [-0.25, -0.2) is 17.5 Å². The fourth-order valence-corrected chi connectivity index (χ4v) is 5.35. The Bertz CT molecular complexity index is 1340. The van der Waals surface area contributed by atoms with Crippen molar-refractivity contribution in [2.75, 3.05) is 5.75 Å². The van der Waals surface area contributed by atoms with E-state index in [-0.39, 0.29) is 4.90 Å². The van der Waals surface area contributed by atoms with E-state index in [0.29, 0.717) is 23.2 Å². The van der Waals surface area contributed by atoms with Crippen molar-refractivity contribution in [2.45, 2.75) is 22.5 Å². The molecule has 0 spiro atoms. The molecule has 1 heterocycles. The number of rotatable bonds is 10. The number of halogens is 1. The average molecular weight is 495 g/mol. The first-order valence-corrected chi connectivity index (χ1v) is 13.0. The van der Waals surface area contributed by atoms with E-state index >= 15 is 0 Å². The van der Waals surface area contributed by atoms with Crippen molar-refractivity contribution < 1.29 is 12.8 Å². The predicted molar refractivity (Wildman–Crippen MR) is 132 cm³/mol. The monoisotopic (exact) mass is 494 g/mol. The maximum Gasteiger partial charge on any atom is 0.241 e. The maximum absolute atomic E-state index is 13.4. The molecule has 0 amide bonds. The van der Waals surface area contributed by atoms with Gasteiger partial charge in [-0.3, -0.25) is 4.57 Å². The van der Waals surface area contributed by atoms with Gasteiger partial charge in [0.15, 0.2) is 11.0 Å². The van der Waals surface area contributed by atoms with Crippen LogP contribution in [0.25, 0.3) is 5.69 Å². The van der Waals surface area contributed by atoms with E-state index < -0.39 is 21.9 Å². The smallest absolute Gasteiger partial charge is 0.241 e. The first-order chi connectivity index (χ1) is 16.5. The lowest BCUT2D eigenvalue weighted by Crippen LogP contribution is -2.32. The van der Waals surface area contributed by atoms with E-state index in [4.69, 9.17) is 0 Å². The average Bonchev–Trinajstić information content (AvgIpc) is 3.27. The van der Waals surface area contributed by atoms with E-state index in [2.05, 4.69) is 21.5 Å². The van der Waals surface area contributed by atoms with Gasteiger partial charge in [0.1, 0.15) is 5.82 Å². The van der Waals surface area contributed by atoms with Crippen LogP contribution in [0, 0.1) is 5.82 Å². The number of benzene rings is 3. The highest BCUT2D eigenvalue weighted by Crippen LogP contribution is 2.28. The summed E-state index contributed by atoms with van der Waals surface area (Å²) in [4.78, 5) is -0.0287. The van der Waals surface area contributed by atoms with Crippen LogP contribution in [0.3, 0.4) is 0 Å². The summed E-state index contributed by atoms with van der Waals surface area (Å²) in [5, 5.41) is 9.38. The zero-order chi connectivity index (χ0) is 24.0. The Balaban J connectivity index is 1.79. The molecule has 0 saturated carbocycles. The quantitative estimate of drug-likeness (QED) is 0.249. The molecule has 1 atom stereocenters. The highest BCUT2D eigenvalue weighted by Gasteiger charge is 2.28. The molecule has 9 heteroatoms. The van der Waals surface area contributed by atoms with Crippen LogP contribution in [0.15, 0.2) is 108 Å². The van der Waals surface area contributed by atoms with Crippen molar-refractivity contribution in [1.82, 2.24) is 19.5 Å². The van der Waals surface area contributed by atoms with Gasteiger partial charge in [-0.1, -0.05) is 66.4 Å². The SMILES string of the molecule is C=CCSc1nnc(C(Cc2ccccc2)NS(=O)(=O)c2ccc(F)cc2)n1-c1ccccc1. The molecule has 1 N–H and O–H groups in total. The Morgan fingerprint density at radius 2 is 1.62 bits per heavy atom. The summed E-state index contributed by atoms with van der Waals surface area (Å²) in [5.74, 6) is 0.565. The number of thioether (sulfide) groups is 1. The van der Waals surface area contributed by atoms with E-state index in [1.54, 1.807) is 6.08 Å². The lowest BCUT2D eigenvalue weighted by Gasteiger charge is -2.20. The number of nitrogens with one attached hydrogen (secondary N) is 1. The van der Waals surface area contributed by atoms with Gasteiger partial charge in [-0.05, 0) is 48.4 Å². The molecule has 34 heavy (non-hydrogen) atoms. The lowest BCUT2D eigenvalue weighted by molar-refractivity contribution is 0.537. The zero-order valence-electron chi connectivity index (χ0n) is 18.2. The minimum atomic E-state index is -3.97. The summed E-state index contributed by atoms with van der Waals surface area (Å²) < 4.78 is 44.5. The Labute approximate surface area is 202 Å². The molecule has 174 valence electrons. The summed E-state index contributed by atoms with van der Waals surface area (Å²) in [7, 11) is -3.97. The van der Waals surface area contributed by atoms with Gasteiger partial charge in [0.25, 0.3) is 0 Å².